The molecule has 0 saturated carbocycles. The van der Waals surface area contributed by atoms with Crippen molar-refractivity contribution in [2.75, 3.05) is 0 Å². The second-order valence-electron chi connectivity index (χ2n) is 4.25. The van der Waals surface area contributed by atoms with Crippen LogP contribution in [0.4, 0.5) is 0 Å². The first kappa shape index (κ1) is 12.1. The molecule has 2 N–H and O–H groups in total. The molecule has 15 heavy (non-hydrogen) atoms. The molecule has 0 bridgehead atoms. The summed E-state index contributed by atoms with van der Waals surface area (Å²) in [6.45, 7) is 11.6. The third-order valence-electron chi connectivity index (χ3n) is 3.03. The van der Waals surface area contributed by atoms with Crippen molar-refractivity contribution in [2.45, 2.75) is 47.2 Å². The Labute approximate surface area is 92.8 Å². The molecule has 1 aromatic heterocycles. The van der Waals surface area contributed by atoms with Crippen LogP contribution in [0.1, 0.15) is 37.7 Å². The van der Waals surface area contributed by atoms with Gasteiger partial charge in [0.05, 0.1) is 0 Å². The Hall–Kier alpha value is -1.02. The lowest BCUT2D eigenvalue weighted by Gasteiger charge is -2.06. The second kappa shape index (κ2) is 4.67. The number of aryl methyl sites for hydroxylation is 1. The van der Waals surface area contributed by atoms with Crippen molar-refractivity contribution < 1.29 is 0 Å². The number of aromatic nitrogens is 1. The highest BCUT2D eigenvalue weighted by Crippen LogP contribution is 2.18. The minimum absolute atomic E-state index is 0.134. The Balaban J connectivity index is 3.12. The minimum atomic E-state index is 0.134. The summed E-state index contributed by atoms with van der Waals surface area (Å²) < 4.78 is 2.32. The highest BCUT2D eigenvalue weighted by Gasteiger charge is 2.06. The summed E-state index contributed by atoms with van der Waals surface area (Å²) in [5, 5.41) is 0. The normalized spacial score (nSPS) is 14.4. The van der Waals surface area contributed by atoms with E-state index in [0.29, 0.717) is 0 Å². The predicted octanol–water partition coefficient (Wildman–Crippen LogP) is 2.88. The van der Waals surface area contributed by atoms with Gasteiger partial charge in [-0.3, -0.25) is 0 Å². The first-order valence-corrected chi connectivity index (χ1v) is 5.57. The molecule has 0 aliphatic heterocycles. The van der Waals surface area contributed by atoms with Gasteiger partial charge in [0, 0.05) is 24.0 Å². The van der Waals surface area contributed by atoms with Crippen LogP contribution in [0.5, 0.6) is 0 Å². The maximum absolute atomic E-state index is 5.84. The fourth-order valence-corrected chi connectivity index (χ4v) is 1.84. The van der Waals surface area contributed by atoms with Gasteiger partial charge in [-0.05, 0) is 46.2 Å². The molecule has 1 atom stereocenters. The summed E-state index contributed by atoms with van der Waals surface area (Å²) in [6, 6.07) is 2.36. The van der Waals surface area contributed by atoms with Crippen LogP contribution >= 0.6 is 0 Å². The number of rotatable bonds is 3. The highest BCUT2D eigenvalue weighted by atomic mass is 15.0. The molecular formula is C13H22N2. The smallest absolute Gasteiger partial charge is 0.0225 e. The van der Waals surface area contributed by atoms with E-state index in [2.05, 4.69) is 44.4 Å². The lowest BCUT2D eigenvalue weighted by Crippen LogP contribution is -2.15. The Morgan fingerprint density at radius 1 is 1.53 bits per heavy atom. The van der Waals surface area contributed by atoms with E-state index in [0.717, 1.165) is 6.54 Å². The maximum Gasteiger partial charge on any atom is 0.0225 e. The zero-order chi connectivity index (χ0) is 11.6. The lowest BCUT2D eigenvalue weighted by atomic mass is 10.1. The molecule has 1 aromatic rings. The average molecular weight is 206 g/mol. The van der Waals surface area contributed by atoms with Crippen LogP contribution in [-0.2, 0) is 6.54 Å². The minimum Gasteiger partial charge on any atom is -0.349 e. The molecule has 0 aliphatic carbocycles. The maximum atomic E-state index is 5.84. The first-order chi connectivity index (χ1) is 6.97. The second-order valence-corrected chi connectivity index (χ2v) is 4.25. The monoisotopic (exact) mass is 206 g/mol. The molecule has 1 rings (SSSR count). The number of nitrogens with two attached hydrogens (primary N) is 1. The van der Waals surface area contributed by atoms with Crippen molar-refractivity contribution in [1.29, 1.82) is 0 Å². The van der Waals surface area contributed by atoms with Crippen molar-refractivity contribution in [3.05, 3.63) is 28.6 Å². The van der Waals surface area contributed by atoms with Crippen molar-refractivity contribution in [3.63, 3.8) is 0 Å². The van der Waals surface area contributed by atoms with Gasteiger partial charge in [0.15, 0.2) is 0 Å². The molecule has 84 valence electrons. The Bertz CT molecular complexity index is 370. The Morgan fingerprint density at radius 2 is 2.13 bits per heavy atom. The molecule has 0 amide bonds. The lowest BCUT2D eigenvalue weighted by molar-refractivity contribution is 0.718. The quantitative estimate of drug-likeness (QED) is 0.810. The largest absolute Gasteiger partial charge is 0.349 e. The summed E-state index contributed by atoms with van der Waals surface area (Å²) in [5.41, 5.74) is 11.0. The van der Waals surface area contributed by atoms with Crippen LogP contribution in [0, 0.1) is 13.8 Å². The molecule has 0 spiro atoms. The van der Waals surface area contributed by atoms with Crippen molar-refractivity contribution in [3.8, 4) is 0 Å². The third kappa shape index (κ3) is 2.51. The van der Waals surface area contributed by atoms with Crippen LogP contribution in [-0.4, -0.2) is 10.6 Å². The molecular weight excluding hydrogens is 184 g/mol. The third-order valence-corrected chi connectivity index (χ3v) is 3.03. The van der Waals surface area contributed by atoms with Crippen LogP contribution < -0.4 is 5.73 Å². The molecule has 1 heterocycles. The Kier molecular flexibility index (Phi) is 3.75. The zero-order valence-electron chi connectivity index (χ0n) is 10.5. The van der Waals surface area contributed by atoms with Gasteiger partial charge in [-0.25, -0.2) is 0 Å². The molecule has 2 nitrogen and oxygen atoms in total. The SMILES string of the molecule is CCn1c(C)cc(/C=C(/C)C(C)N)c1C. The zero-order valence-corrected chi connectivity index (χ0v) is 10.5. The molecule has 0 aliphatic rings. The van der Waals surface area contributed by atoms with Gasteiger partial charge in [0.2, 0.25) is 0 Å². The van der Waals surface area contributed by atoms with Gasteiger partial charge in [-0.15, -0.1) is 0 Å². The fourth-order valence-electron chi connectivity index (χ4n) is 1.84. The standard InChI is InChI=1S/C13H22N2/c1-6-15-10(3)8-13(12(15)5)7-9(2)11(4)14/h7-8,11H,6,14H2,1-5H3/b9-7-. The van der Waals surface area contributed by atoms with E-state index in [4.69, 9.17) is 5.73 Å². The van der Waals surface area contributed by atoms with Gasteiger partial charge in [0.1, 0.15) is 0 Å². The average Bonchev–Trinajstić information content (AvgIpc) is 2.41. The van der Waals surface area contributed by atoms with Crippen LogP contribution in [0.2, 0.25) is 0 Å². The number of nitrogens with zero attached hydrogens (tertiary/aromatic N) is 1. The summed E-state index contributed by atoms with van der Waals surface area (Å²) >= 11 is 0. The fraction of sp³-hybridized carbons (Fsp3) is 0.538. The van der Waals surface area contributed by atoms with Crippen molar-refractivity contribution in [2.24, 2.45) is 5.73 Å². The summed E-state index contributed by atoms with van der Waals surface area (Å²) in [7, 11) is 0. The van der Waals surface area contributed by atoms with E-state index in [1.165, 1.54) is 22.5 Å². The van der Waals surface area contributed by atoms with Crippen LogP contribution in [0.25, 0.3) is 6.08 Å². The van der Waals surface area contributed by atoms with Crippen molar-refractivity contribution >= 4 is 6.08 Å². The van der Waals surface area contributed by atoms with Gasteiger partial charge in [-0.1, -0.05) is 11.6 Å². The summed E-state index contributed by atoms with van der Waals surface area (Å²) in [6.07, 6.45) is 2.19. The first-order valence-electron chi connectivity index (χ1n) is 5.57. The van der Waals surface area contributed by atoms with E-state index in [1.807, 2.05) is 6.92 Å². The van der Waals surface area contributed by atoms with E-state index >= 15 is 0 Å². The molecule has 0 fully saturated rings. The van der Waals surface area contributed by atoms with E-state index in [1.54, 1.807) is 0 Å². The molecule has 2 heteroatoms. The van der Waals surface area contributed by atoms with Crippen LogP contribution in [0.15, 0.2) is 11.6 Å². The number of hydrogen-bond acceptors (Lipinski definition) is 1. The highest BCUT2D eigenvalue weighted by molar-refractivity contribution is 5.57. The molecule has 0 aromatic carbocycles. The van der Waals surface area contributed by atoms with Crippen molar-refractivity contribution in [1.82, 2.24) is 4.57 Å². The topological polar surface area (TPSA) is 30.9 Å². The van der Waals surface area contributed by atoms with Gasteiger partial charge < -0.3 is 10.3 Å². The van der Waals surface area contributed by atoms with Gasteiger partial charge >= 0.3 is 0 Å². The predicted molar refractivity (Wildman–Crippen MR) is 66.9 cm³/mol. The van der Waals surface area contributed by atoms with E-state index in [-0.39, 0.29) is 6.04 Å². The molecule has 0 radical (unpaired) electrons. The van der Waals surface area contributed by atoms with Gasteiger partial charge in [-0.2, -0.15) is 0 Å². The van der Waals surface area contributed by atoms with E-state index in [9.17, 15) is 0 Å². The molecule has 1 unspecified atom stereocenters. The Morgan fingerprint density at radius 3 is 2.53 bits per heavy atom. The summed E-state index contributed by atoms with van der Waals surface area (Å²) in [5.74, 6) is 0. The van der Waals surface area contributed by atoms with Gasteiger partial charge in [0.25, 0.3) is 0 Å². The van der Waals surface area contributed by atoms with Crippen LogP contribution in [0.3, 0.4) is 0 Å². The summed E-state index contributed by atoms with van der Waals surface area (Å²) in [4.78, 5) is 0. The number of hydrogen-bond donors (Lipinski definition) is 1. The van der Waals surface area contributed by atoms with E-state index < -0.39 is 0 Å². The molecule has 0 saturated heterocycles.